The lowest BCUT2D eigenvalue weighted by molar-refractivity contribution is -0.128. The first-order valence-corrected chi connectivity index (χ1v) is 13.5. The number of Topliss-reactive ketones (excluding diaryl/α,β-unsaturated/α-hetero) is 1. The second kappa shape index (κ2) is 7.37. The van der Waals surface area contributed by atoms with Crippen LogP contribution >= 0.6 is 0 Å². The maximum atomic E-state index is 13.2. The highest BCUT2D eigenvalue weighted by Crippen LogP contribution is 2.64. The largest absolute Gasteiger partial charge is 0.299 e. The molecule has 2 saturated carbocycles. The summed E-state index contributed by atoms with van der Waals surface area (Å²) in [4.78, 5) is 12.7. The summed E-state index contributed by atoms with van der Waals surface area (Å²) >= 11 is 0. The van der Waals surface area contributed by atoms with E-state index in [0.29, 0.717) is 12.8 Å². The molecule has 3 fully saturated rings. The number of sulfonamides is 2. The molecule has 0 spiro atoms. The molecule has 1 aromatic rings. The van der Waals surface area contributed by atoms with E-state index < -0.39 is 25.5 Å². The zero-order chi connectivity index (χ0) is 22.7. The topological polar surface area (TPSA) is 116 Å². The Hall–Kier alpha value is -1.80. The lowest BCUT2D eigenvalue weighted by Gasteiger charge is -2.39. The predicted molar refractivity (Wildman–Crippen MR) is 114 cm³/mol. The van der Waals surface area contributed by atoms with Crippen molar-refractivity contribution in [3.8, 4) is 6.07 Å². The number of hydrogen-bond donors (Lipinski definition) is 0. The van der Waals surface area contributed by atoms with Crippen LogP contribution in [-0.4, -0.2) is 63.2 Å². The molecule has 10 heteroatoms. The van der Waals surface area contributed by atoms with Gasteiger partial charge in [-0.1, -0.05) is 26.0 Å². The highest BCUT2D eigenvalue weighted by Gasteiger charge is 2.65. The molecule has 2 atom stereocenters. The third kappa shape index (κ3) is 3.33. The molecule has 2 unspecified atom stereocenters. The van der Waals surface area contributed by atoms with Gasteiger partial charge in [0.1, 0.15) is 11.9 Å². The number of carbonyl (C=O) groups is 1. The van der Waals surface area contributed by atoms with E-state index in [9.17, 15) is 26.9 Å². The molecule has 1 aliphatic heterocycles. The molecule has 4 rings (SSSR count). The van der Waals surface area contributed by atoms with Gasteiger partial charge in [-0.2, -0.15) is 13.9 Å². The Morgan fingerprint density at radius 3 is 2.23 bits per heavy atom. The number of nitriles is 1. The summed E-state index contributed by atoms with van der Waals surface area (Å²) in [7, 11) is -7.62. The average molecular weight is 466 g/mol. The Kier molecular flexibility index (Phi) is 5.33. The minimum absolute atomic E-state index is 0.00822. The van der Waals surface area contributed by atoms with Crippen molar-refractivity contribution in [3.63, 3.8) is 0 Å². The molecule has 0 aromatic heterocycles. The number of nitrogens with zero attached hydrogens (tertiary/aromatic N) is 3. The smallest absolute Gasteiger partial charge is 0.244 e. The number of benzene rings is 1. The van der Waals surface area contributed by atoms with Crippen LogP contribution in [0.15, 0.2) is 29.2 Å². The molecule has 2 aliphatic carbocycles. The van der Waals surface area contributed by atoms with Crippen molar-refractivity contribution in [3.05, 3.63) is 29.8 Å². The van der Waals surface area contributed by atoms with Crippen LogP contribution in [0.1, 0.15) is 38.7 Å². The molecule has 31 heavy (non-hydrogen) atoms. The van der Waals surface area contributed by atoms with Crippen molar-refractivity contribution >= 4 is 25.8 Å². The molecular formula is C21H27N3O5S2. The molecule has 1 saturated heterocycles. The minimum atomic E-state index is -3.90. The third-order valence-electron chi connectivity index (χ3n) is 7.78. The number of fused-ring (bicyclic) bond motifs is 2. The first-order chi connectivity index (χ1) is 14.5. The van der Waals surface area contributed by atoms with Gasteiger partial charge >= 0.3 is 0 Å². The second-order valence-corrected chi connectivity index (χ2v) is 13.2. The summed E-state index contributed by atoms with van der Waals surface area (Å²) in [6.07, 6.45) is 1.92. The Bertz CT molecular complexity index is 1160. The summed E-state index contributed by atoms with van der Waals surface area (Å²) in [5.74, 6) is 0.0795. The van der Waals surface area contributed by atoms with Gasteiger partial charge in [0.15, 0.2) is 0 Å². The molecule has 168 valence electrons. The zero-order valence-electron chi connectivity index (χ0n) is 17.7. The lowest BCUT2D eigenvalue weighted by atomic mass is 9.70. The van der Waals surface area contributed by atoms with E-state index in [0.717, 1.165) is 6.42 Å². The number of hydrogen-bond acceptors (Lipinski definition) is 6. The van der Waals surface area contributed by atoms with Crippen molar-refractivity contribution in [2.45, 2.75) is 38.0 Å². The van der Waals surface area contributed by atoms with E-state index in [4.69, 9.17) is 0 Å². The fourth-order valence-corrected chi connectivity index (χ4v) is 9.39. The highest BCUT2D eigenvalue weighted by molar-refractivity contribution is 7.89. The SMILES string of the molecule is CC1(C)C2CCC1(CS(=O)(=O)N1CCN(S(=O)(=O)c3ccccc3C#N)CC1)C(=O)C2. The van der Waals surface area contributed by atoms with Crippen LogP contribution in [0.4, 0.5) is 0 Å². The molecule has 3 aliphatic rings. The maximum Gasteiger partial charge on any atom is 0.244 e. The molecule has 0 amide bonds. The van der Waals surface area contributed by atoms with Crippen molar-refractivity contribution in [1.29, 1.82) is 5.26 Å². The number of ketones is 1. The minimum Gasteiger partial charge on any atom is -0.299 e. The number of rotatable bonds is 5. The van der Waals surface area contributed by atoms with Crippen LogP contribution in [-0.2, 0) is 24.8 Å². The first kappa shape index (κ1) is 22.4. The van der Waals surface area contributed by atoms with Gasteiger partial charge in [0.25, 0.3) is 0 Å². The van der Waals surface area contributed by atoms with Gasteiger partial charge < -0.3 is 0 Å². The molecule has 0 radical (unpaired) electrons. The lowest BCUT2D eigenvalue weighted by Crippen LogP contribution is -2.53. The summed E-state index contributed by atoms with van der Waals surface area (Å²) < 4.78 is 55.0. The zero-order valence-corrected chi connectivity index (χ0v) is 19.4. The van der Waals surface area contributed by atoms with Crippen LogP contribution in [0.2, 0.25) is 0 Å². The average Bonchev–Trinajstić information content (AvgIpc) is 3.08. The van der Waals surface area contributed by atoms with Crippen molar-refractivity contribution in [2.24, 2.45) is 16.7 Å². The van der Waals surface area contributed by atoms with Crippen LogP contribution in [0.3, 0.4) is 0 Å². The molecular weight excluding hydrogens is 438 g/mol. The van der Waals surface area contributed by atoms with Crippen LogP contribution in [0.25, 0.3) is 0 Å². The van der Waals surface area contributed by atoms with Gasteiger partial charge in [-0.3, -0.25) is 4.79 Å². The van der Waals surface area contributed by atoms with Gasteiger partial charge in [0, 0.05) is 38.0 Å². The third-order valence-corrected chi connectivity index (χ3v) is 11.8. The van der Waals surface area contributed by atoms with Gasteiger partial charge in [0.2, 0.25) is 20.0 Å². The summed E-state index contributed by atoms with van der Waals surface area (Å²) in [6.45, 7) is 4.09. The van der Waals surface area contributed by atoms with Gasteiger partial charge in [0.05, 0.1) is 16.2 Å². The van der Waals surface area contributed by atoms with Crippen LogP contribution in [0.5, 0.6) is 0 Å². The van der Waals surface area contributed by atoms with Crippen LogP contribution in [0, 0.1) is 28.1 Å². The van der Waals surface area contributed by atoms with E-state index in [1.54, 1.807) is 12.1 Å². The highest BCUT2D eigenvalue weighted by atomic mass is 32.2. The molecule has 0 N–H and O–H groups in total. The maximum absolute atomic E-state index is 13.2. The van der Waals surface area contributed by atoms with Gasteiger partial charge in [-0.05, 0) is 36.3 Å². The van der Waals surface area contributed by atoms with Gasteiger partial charge in [-0.15, -0.1) is 0 Å². The van der Waals surface area contributed by atoms with Gasteiger partial charge in [-0.25, -0.2) is 16.8 Å². The summed E-state index contributed by atoms with van der Waals surface area (Å²) in [6, 6.07) is 7.89. The molecule has 1 heterocycles. The monoisotopic (exact) mass is 465 g/mol. The normalized spacial score (nSPS) is 29.2. The van der Waals surface area contributed by atoms with Crippen LogP contribution < -0.4 is 0 Å². The number of carbonyl (C=O) groups excluding carboxylic acids is 1. The van der Waals surface area contributed by atoms with E-state index >= 15 is 0 Å². The Balaban J connectivity index is 1.50. The van der Waals surface area contributed by atoms with E-state index in [2.05, 4.69) is 0 Å². The van der Waals surface area contributed by atoms with Crippen molar-refractivity contribution in [2.75, 3.05) is 31.9 Å². The summed E-state index contributed by atoms with van der Waals surface area (Å²) in [5.41, 5.74) is -1.12. The Labute approximate surface area is 183 Å². The molecule has 2 bridgehead atoms. The Morgan fingerprint density at radius 2 is 1.68 bits per heavy atom. The quantitative estimate of drug-likeness (QED) is 0.652. The molecule has 1 aromatic carbocycles. The van der Waals surface area contributed by atoms with Crippen molar-refractivity contribution < 1.29 is 21.6 Å². The first-order valence-electron chi connectivity index (χ1n) is 10.5. The molecule has 8 nitrogen and oxygen atoms in total. The van der Waals surface area contributed by atoms with E-state index in [1.807, 2.05) is 19.9 Å². The van der Waals surface area contributed by atoms with E-state index in [-0.39, 0.29) is 59.5 Å². The summed E-state index contributed by atoms with van der Waals surface area (Å²) in [5, 5.41) is 9.23. The fraction of sp³-hybridized carbons (Fsp3) is 0.619. The Morgan fingerprint density at radius 1 is 1.06 bits per heavy atom. The van der Waals surface area contributed by atoms with Crippen molar-refractivity contribution in [1.82, 2.24) is 8.61 Å². The standard InChI is InChI=1S/C21H27N3O5S2/c1-20(2)17-7-8-21(20,19(25)13-17)15-30(26,27)23-9-11-24(12-10-23)31(28,29)18-6-4-3-5-16(18)14-22/h3-6,17H,7-13,15H2,1-2H3. The predicted octanol–water partition coefficient (Wildman–Crippen LogP) is 1.59. The fourth-order valence-electron chi connectivity index (χ4n) is 5.62. The number of piperazine rings is 1. The van der Waals surface area contributed by atoms with E-state index in [1.165, 1.54) is 20.7 Å². The second-order valence-electron chi connectivity index (χ2n) is 9.33.